The van der Waals surface area contributed by atoms with Gasteiger partial charge in [-0.3, -0.25) is 4.79 Å². The second-order valence-electron chi connectivity index (χ2n) is 8.72. The molecule has 3 rings (SSSR count). The number of nitrogens with zero attached hydrogens (tertiary/aromatic N) is 1. The van der Waals surface area contributed by atoms with Crippen molar-refractivity contribution < 1.29 is 19.4 Å². The van der Waals surface area contributed by atoms with Gasteiger partial charge in [-0.1, -0.05) is 57.4 Å². The average Bonchev–Trinajstić information content (AvgIpc) is 2.77. The van der Waals surface area contributed by atoms with Gasteiger partial charge in [0.1, 0.15) is 0 Å². The summed E-state index contributed by atoms with van der Waals surface area (Å²) in [7, 11) is 1.90. The van der Waals surface area contributed by atoms with Gasteiger partial charge in [0.05, 0.1) is 13.2 Å². The van der Waals surface area contributed by atoms with E-state index in [4.69, 9.17) is 9.47 Å². The molecule has 0 radical (unpaired) electrons. The van der Waals surface area contributed by atoms with Crippen LogP contribution in [0.4, 0.5) is 0 Å². The van der Waals surface area contributed by atoms with Crippen LogP contribution in [0.5, 0.6) is 0 Å². The van der Waals surface area contributed by atoms with E-state index >= 15 is 0 Å². The molecule has 1 aromatic carbocycles. The zero-order chi connectivity index (χ0) is 20.8. The molecule has 0 spiro atoms. The molecule has 1 aliphatic heterocycles. The zero-order valence-electron chi connectivity index (χ0n) is 18.0. The van der Waals surface area contributed by atoms with E-state index in [9.17, 15) is 9.90 Å². The van der Waals surface area contributed by atoms with Crippen LogP contribution in [0.2, 0.25) is 0 Å². The molecule has 1 aliphatic carbocycles. The number of aliphatic hydroxyl groups excluding tert-OH is 1. The van der Waals surface area contributed by atoms with Crippen LogP contribution in [0.3, 0.4) is 0 Å². The molecule has 160 valence electrons. The normalized spacial score (nSPS) is 22.9. The van der Waals surface area contributed by atoms with Crippen LogP contribution in [0.25, 0.3) is 0 Å². The number of likely N-dealkylation sites (N-methyl/N-ethyl adjacent to an activating group) is 1. The summed E-state index contributed by atoms with van der Waals surface area (Å²) >= 11 is 0. The minimum absolute atomic E-state index is 0.0249. The minimum Gasteiger partial charge on any atom is -0.459 e. The van der Waals surface area contributed by atoms with Gasteiger partial charge in [-0.2, -0.15) is 0 Å². The van der Waals surface area contributed by atoms with Crippen molar-refractivity contribution in [2.75, 3.05) is 7.05 Å². The summed E-state index contributed by atoms with van der Waals surface area (Å²) in [5.74, 6) is 1.08. The number of allylic oxidation sites excluding steroid dienone is 1. The first-order valence-electron chi connectivity index (χ1n) is 10.9. The summed E-state index contributed by atoms with van der Waals surface area (Å²) in [6.45, 7) is 4.79. The minimum atomic E-state index is -0.427. The second-order valence-corrected chi connectivity index (χ2v) is 8.72. The summed E-state index contributed by atoms with van der Waals surface area (Å²) in [5.41, 5.74) is 1.90. The Labute approximate surface area is 174 Å². The number of rotatable bonds is 7. The molecule has 5 heteroatoms. The van der Waals surface area contributed by atoms with E-state index in [1.807, 2.05) is 42.3 Å². The van der Waals surface area contributed by atoms with E-state index in [0.29, 0.717) is 24.3 Å². The lowest BCUT2D eigenvalue weighted by Gasteiger charge is -2.35. The molecular weight excluding hydrogens is 366 g/mol. The van der Waals surface area contributed by atoms with Gasteiger partial charge in [0.2, 0.25) is 6.29 Å². The lowest BCUT2D eigenvalue weighted by Crippen LogP contribution is -2.41. The summed E-state index contributed by atoms with van der Waals surface area (Å²) in [4.78, 5) is 15.0. The fourth-order valence-corrected chi connectivity index (χ4v) is 4.14. The number of amides is 1. The highest BCUT2D eigenvalue weighted by Crippen LogP contribution is 2.31. The molecule has 1 aromatic rings. The van der Waals surface area contributed by atoms with E-state index in [0.717, 1.165) is 30.4 Å². The molecular formula is C24H35NO4. The third-order valence-electron chi connectivity index (χ3n) is 6.24. The van der Waals surface area contributed by atoms with Crippen molar-refractivity contribution >= 4 is 5.91 Å². The van der Waals surface area contributed by atoms with Crippen molar-refractivity contribution in [2.24, 2.45) is 11.8 Å². The van der Waals surface area contributed by atoms with Gasteiger partial charge in [0.15, 0.2) is 5.76 Å². The number of hydrogen-bond acceptors (Lipinski definition) is 4. The molecule has 0 bridgehead atoms. The van der Waals surface area contributed by atoms with E-state index in [1.54, 1.807) is 0 Å². The Bertz CT molecular complexity index is 691. The third-order valence-corrected chi connectivity index (χ3v) is 6.24. The van der Waals surface area contributed by atoms with Crippen molar-refractivity contribution in [3.63, 3.8) is 0 Å². The Morgan fingerprint density at radius 3 is 2.45 bits per heavy atom. The van der Waals surface area contributed by atoms with Crippen LogP contribution in [0.1, 0.15) is 63.5 Å². The predicted molar refractivity (Wildman–Crippen MR) is 113 cm³/mol. The lowest BCUT2D eigenvalue weighted by atomic mass is 9.89. The second kappa shape index (κ2) is 10.3. The molecule has 1 heterocycles. The third kappa shape index (κ3) is 5.83. The van der Waals surface area contributed by atoms with Crippen LogP contribution in [0.15, 0.2) is 36.1 Å². The maximum atomic E-state index is 13.1. The first-order valence-corrected chi connectivity index (χ1v) is 10.9. The highest BCUT2D eigenvalue weighted by molar-refractivity contribution is 5.91. The van der Waals surface area contributed by atoms with Gasteiger partial charge < -0.3 is 19.5 Å². The SMILES string of the molecule is CC(C)[C@@H]1C=C(C(=O)N(C)C2CCCCC2)O[C@H](OCc2ccc(CO)cc2)C1. The van der Waals surface area contributed by atoms with Gasteiger partial charge in [0, 0.05) is 19.5 Å². The molecule has 0 saturated heterocycles. The van der Waals surface area contributed by atoms with Gasteiger partial charge in [-0.15, -0.1) is 0 Å². The molecule has 29 heavy (non-hydrogen) atoms. The molecule has 1 saturated carbocycles. The highest BCUT2D eigenvalue weighted by Gasteiger charge is 2.32. The Balaban J connectivity index is 1.64. The smallest absolute Gasteiger partial charge is 0.288 e. The molecule has 0 unspecified atom stereocenters. The summed E-state index contributed by atoms with van der Waals surface area (Å²) in [6, 6.07) is 8.00. The topological polar surface area (TPSA) is 59.0 Å². The molecule has 1 amide bonds. The van der Waals surface area contributed by atoms with E-state index in [1.165, 1.54) is 19.3 Å². The average molecular weight is 402 g/mol. The van der Waals surface area contributed by atoms with Gasteiger partial charge in [-0.25, -0.2) is 0 Å². The summed E-state index contributed by atoms with van der Waals surface area (Å²) in [5, 5.41) is 9.17. The molecule has 2 aliphatic rings. The fraction of sp³-hybridized carbons (Fsp3) is 0.625. The Hall–Kier alpha value is -1.85. The molecule has 0 aromatic heterocycles. The van der Waals surface area contributed by atoms with E-state index in [2.05, 4.69) is 13.8 Å². The fourth-order valence-electron chi connectivity index (χ4n) is 4.14. The Morgan fingerprint density at radius 1 is 1.17 bits per heavy atom. The van der Waals surface area contributed by atoms with Crippen LogP contribution >= 0.6 is 0 Å². The van der Waals surface area contributed by atoms with Crippen molar-refractivity contribution in [3.8, 4) is 0 Å². The number of aliphatic hydroxyl groups is 1. The van der Waals surface area contributed by atoms with Gasteiger partial charge >= 0.3 is 0 Å². The number of hydrogen-bond donors (Lipinski definition) is 1. The van der Waals surface area contributed by atoms with Crippen molar-refractivity contribution in [1.82, 2.24) is 4.90 Å². The van der Waals surface area contributed by atoms with Crippen molar-refractivity contribution in [1.29, 1.82) is 0 Å². The number of ether oxygens (including phenoxy) is 2. The molecule has 1 N–H and O–H groups in total. The molecule has 1 fully saturated rings. The first kappa shape index (κ1) is 21.8. The van der Waals surface area contributed by atoms with E-state index in [-0.39, 0.29) is 18.4 Å². The monoisotopic (exact) mass is 401 g/mol. The lowest BCUT2D eigenvalue weighted by molar-refractivity contribution is -0.160. The van der Waals surface area contributed by atoms with Crippen LogP contribution in [0, 0.1) is 11.8 Å². The number of carbonyl (C=O) groups excluding carboxylic acids is 1. The maximum absolute atomic E-state index is 13.1. The number of carbonyl (C=O) groups is 1. The highest BCUT2D eigenvalue weighted by atomic mass is 16.7. The van der Waals surface area contributed by atoms with E-state index < -0.39 is 6.29 Å². The zero-order valence-corrected chi connectivity index (χ0v) is 18.0. The van der Waals surface area contributed by atoms with Gasteiger partial charge in [0.25, 0.3) is 5.91 Å². The quantitative estimate of drug-likeness (QED) is 0.736. The van der Waals surface area contributed by atoms with Crippen LogP contribution in [-0.2, 0) is 27.5 Å². The van der Waals surface area contributed by atoms with Crippen molar-refractivity contribution in [3.05, 3.63) is 47.2 Å². The van der Waals surface area contributed by atoms with Gasteiger partial charge in [-0.05, 0) is 41.9 Å². The first-order chi connectivity index (χ1) is 14.0. The standard InChI is InChI=1S/C24H35NO4/c1-17(2)20-13-22(24(27)25(3)21-7-5-4-6-8-21)29-23(14-20)28-16-19-11-9-18(15-26)10-12-19/h9-13,17,20-21,23,26H,4-8,14-16H2,1-3H3/t20-,23+/m1/s1. The summed E-state index contributed by atoms with van der Waals surface area (Å²) in [6.07, 6.45) is 8.12. The Kier molecular flexibility index (Phi) is 7.73. The predicted octanol–water partition coefficient (Wildman–Crippen LogP) is 4.39. The molecule has 5 nitrogen and oxygen atoms in total. The summed E-state index contributed by atoms with van der Waals surface area (Å²) < 4.78 is 12.0. The molecule has 2 atom stereocenters. The number of benzene rings is 1. The van der Waals surface area contributed by atoms with Crippen molar-refractivity contribution in [2.45, 2.75) is 77.9 Å². The Morgan fingerprint density at radius 2 is 1.83 bits per heavy atom. The van der Waals surface area contributed by atoms with Crippen LogP contribution < -0.4 is 0 Å². The largest absolute Gasteiger partial charge is 0.459 e. The maximum Gasteiger partial charge on any atom is 0.288 e. The van der Waals surface area contributed by atoms with Crippen LogP contribution in [-0.4, -0.2) is 35.3 Å².